The number of carbonyl (C=O) groups excluding carboxylic acids is 1. The maximum absolute atomic E-state index is 13.5. The molecule has 0 saturated carbocycles. The van der Waals surface area contributed by atoms with Gasteiger partial charge in [-0.2, -0.15) is 18.2 Å². The Labute approximate surface area is 185 Å². The molecule has 0 unspecified atom stereocenters. The number of amides is 1. The maximum atomic E-state index is 13.5. The van der Waals surface area contributed by atoms with E-state index in [-0.39, 0.29) is 30.6 Å². The third-order valence-electron chi connectivity index (χ3n) is 5.17. The monoisotopic (exact) mass is 453 g/mol. The lowest BCUT2D eigenvalue weighted by atomic mass is 10.1. The highest BCUT2D eigenvalue weighted by atomic mass is 19.4. The molecule has 1 aliphatic heterocycles. The van der Waals surface area contributed by atoms with Gasteiger partial charge in [-0.05, 0) is 35.9 Å². The Morgan fingerprint density at radius 2 is 1.94 bits per heavy atom. The molecule has 0 saturated heterocycles. The van der Waals surface area contributed by atoms with Crippen LogP contribution in [0.15, 0.2) is 48.7 Å². The molecule has 8 nitrogen and oxygen atoms in total. The van der Waals surface area contributed by atoms with Crippen LogP contribution < -0.4 is 16.0 Å². The number of anilines is 4. The Morgan fingerprint density at radius 1 is 1.09 bits per heavy atom. The number of aromatic nitrogens is 4. The number of hydrogen-bond donors (Lipinski definition) is 4. The van der Waals surface area contributed by atoms with Gasteiger partial charge in [-0.15, -0.1) is 0 Å². The highest BCUT2D eigenvalue weighted by Crippen LogP contribution is 2.34. The number of para-hydroxylation sites is 2. The van der Waals surface area contributed by atoms with E-state index in [0.29, 0.717) is 23.6 Å². The molecule has 1 aliphatic rings. The number of aromatic amines is 1. The Bertz CT molecular complexity index is 1320. The first-order chi connectivity index (χ1) is 15.8. The van der Waals surface area contributed by atoms with Gasteiger partial charge in [0.2, 0.25) is 11.9 Å². The first-order valence-electron chi connectivity index (χ1n) is 10.2. The molecule has 0 spiro atoms. The lowest BCUT2D eigenvalue weighted by Gasteiger charge is -2.15. The van der Waals surface area contributed by atoms with Crippen LogP contribution in [0.4, 0.5) is 36.3 Å². The Balaban J connectivity index is 1.33. The number of benzene rings is 2. The van der Waals surface area contributed by atoms with E-state index in [0.717, 1.165) is 22.8 Å². The van der Waals surface area contributed by atoms with Gasteiger partial charge in [0, 0.05) is 30.5 Å². The van der Waals surface area contributed by atoms with Crippen LogP contribution in [0.1, 0.15) is 17.0 Å². The van der Waals surface area contributed by atoms with Crippen molar-refractivity contribution in [3.05, 3.63) is 65.6 Å². The number of halogens is 3. The second kappa shape index (κ2) is 8.08. The molecule has 0 bridgehead atoms. The largest absolute Gasteiger partial charge is 0.421 e. The highest BCUT2D eigenvalue weighted by molar-refractivity contribution is 5.99. The number of nitrogens with zero attached hydrogens (tertiary/aromatic N) is 3. The Hall–Kier alpha value is -4.15. The summed E-state index contributed by atoms with van der Waals surface area (Å²) in [6.07, 6.45) is -3.24. The molecule has 0 aliphatic carbocycles. The third-order valence-corrected chi connectivity index (χ3v) is 5.17. The number of fused-ring (bicyclic) bond motifs is 2. The molecule has 4 aromatic rings. The summed E-state index contributed by atoms with van der Waals surface area (Å²) in [7, 11) is 0. The van der Waals surface area contributed by atoms with Gasteiger partial charge in [0.15, 0.2) is 0 Å². The molecule has 11 heteroatoms. The number of hydrogen-bond acceptors (Lipinski definition) is 6. The molecule has 4 N–H and O–H groups in total. The fourth-order valence-electron chi connectivity index (χ4n) is 3.64. The molecule has 0 atom stereocenters. The number of imidazole rings is 1. The summed E-state index contributed by atoms with van der Waals surface area (Å²) in [5.41, 5.74) is 2.78. The van der Waals surface area contributed by atoms with E-state index in [1.165, 1.54) is 0 Å². The molecule has 33 heavy (non-hydrogen) atoms. The lowest BCUT2D eigenvalue weighted by Crippen LogP contribution is -2.16. The van der Waals surface area contributed by atoms with Gasteiger partial charge >= 0.3 is 6.18 Å². The van der Waals surface area contributed by atoms with Crippen molar-refractivity contribution < 1.29 is 18.0 Å². The van der Waals surface area contributed by atoms with E-state index in [2.05, 4.69) is 35.9 Å². The van der Waals surface area contributed by atoms with E-state index in [4.69, 9.17) is 0 Å². The molecule has 3 heterocycles. The van der Waals surface area contributed by atoms with Gasteiger partial charge in [-0.3, -0.25) is 4.79 Å². The zero-order valence-electron chi connectivity index (χ0n) is 17.1. The maximum Gasteiger partial charge on any atom is 0.421 e. The van der Waals surface area contributed by atoms with Crippen LogP contribution in [0.25, 0.3) is 11.0 Å². The van der Waals surface area contributed by atoms with E-state index >= 15 is 0 Å². The van der Waals surface area contributed by atoms with Crippen molar-refractivity contribution in [3.63, 3.8) is 0 Å². The molecular weight excluding hydrogens is 435 g/mol. The number of H-pyrrole nitrogens is 1. The van der Waals surface area contributed by atoms with Crippen molar-refractivity contribution in [2.45, 2.75) is 19.0 Å². The van der Waals surface area contributed by atoms with Gasteiger partial charge in [0.05, 0.1) is 17.5 Å². The average molecular weight is 453 g/mol. The zero-order chi connectivity index (χ0) is 23.0. The van der Waals surface area contributed by atoms with E-state index < -0.39 is 11.7 Å². The molecule has 5 rings (SSSR count). The van der Waals surface area contributed by atoms with Crippen LogP contribution in [-0.2, 0) is 23.8 Å². The lowest BCUT2D eigenvalue weighted by molar-refractivity contribution is -0.137. The normalized spacial score (nSPS) is 13.1. The molecule has 0 fully saturated rings. The number of alkyl halides is 3. The van der Waals surface area contributed by atoms with Crippen LogP contribution >= 0.6 is 0 Å². The van der Waals surface area contributed by atoms with E-state index in [1.54, 1.807) is 18.2 Å². The predicted octanol–water partition coefficient (Wildman–Crippen LogP) is 4.26. The Kier molecular flexibility index (Phi) is 5.08. The van der Waals surface area contributed by atoms with Crippen molar-refractivity contribution in [1.82, 2.24) is 19.9 Å². The summed E-state index contributed by atoms with van der Waals surface area (Å²) in [5, 5.41) is 8.39. The van der Waals surface area contributed by atoms with Crippen molar-refractivity contribution in [3.8, 4) is 0 Å². The second-order valence-electron chi connectivity index (χ2n) is 7.55. The van der Waals surface area contributed by atoms with Crippen molar-refractivity contribution in [2.24, 2.45) is 0 Å². The standard InChI is InChI=1S/C22H18F3N7O/c23-22(24,25)14-11-27-21(28-13-5-6-15-12(9-13)10-19(33)31-15)32-20(14)26-8-7-18-29-16-3-1-2-4-17(16)30-18/h1-6,9,11H,7-8,10H2,(H,29,30)(H,31,33)(H2,26,27,28,32). The second-order valence-corrected chi connectivity index (χ2v) is 7.55. The Morgan fingerprint density at radius 3 is 2.76 bits per heavy atom. The van der Waals surface area contributed by atoms with Crippen LogP contribution in [0.2, 0.25) is 0 Å². The molecule has 0 radical (unpaired) electrons. The first kappa shape index (κ1) is 20.7. The van der Waals surface area contributed by atoms with Gasteiger partial charge in [0.1, 0.15) is 17.2 Å². The average Bonchev–Trinajstić information content (AvgIpc) is 3.34. The van der Waals surface area contributed by atoms with Crippen LogP contribution in [0, 0.1) is 0 Å². The predicted molar refractivity (Wildman–Crippen MR) is 117 cm³/mol. The van der Waals surface area contributed by atoms with Gasteiger partial charge in [-0.1, -0.05) is 12.1 Å². The first-order valence-corrected chi connectivity index (χ1v) is 10.2. The van der Waals surface area contributed by atoms with E-state index in [9.17, 15) is 18.0 Å². The molecule has 168 valence electrons. The zero-order valence-corrected chi connectivity index (χ0v) is 17.1. The summed E-state index contributed by atoms with van der Waals surface area (Å²) in [6.45, 7) is 0.186. The fraction of sp³-hybridized carbons (Fsp3) is 0.182. The molecule has 2 aromatic carbocycles. The summed E-state index contributed by atoms with van der Waals surface area (Å²) in [5.74, 6) is 0.232. The summed E-state index contributed by atoms with van der Waals surface area (Å²) < 4.78 is 40.5. The minimum atomic E-state index is -4.61. The minimum Gasteiger partial charge on any atom is -0.369 e. The molecular formula is C22H18F3N7O. The smallest absolute Gasteiger partial charge is 0.369 e. The number of carbonyl (C=O) groups is 1. The minimum absolute atomic E-state index is 0.00599. The quantitative estimate of drug-likeness (QED) is 0.347. The SMILES string of the molecule is O=C1Cc2cc(Nc3ncc(C(F)(F)F)c(NCCc4nc5ccccc5[nH]4)n3)ccc2N1. The van der Waals surface area contributed by atoms with Gasteiger partial charge in [0.25, 0.3) is 0 Å². The summed E-state index contributed by atoms with van der Waals surface area (Å²) in [6, 6.07) is 12.6. The fourth-order valence-corrected chi connectivity index (χ4v) is 3.64. The van der Waals surface area contributed by atoms with Crippen molar-refractivity contribution in [2.75, 3.05) is 22.5 Å². The van der Waals surface area contributed by atoms with Crippen LogP contribution in [0.3, 0.4) is 0 Å². The summed E-state index contributed by atoms with van der Waals surface area (Å²) >= 11 is 0. The van der Waals surface area contributed by atoms with Gasteiger partial charge in [-0.25, -0.2) is 9.97 Å². The molecule has 2 aromatic heterocycles. The van der Waals surface area contributed by atoms with Crippen molar-refractivity contribution >= 4 is 40.1 Å². The van der Waals surface area contributed by atoms with E-state index in [1.807, 2.05) is 24.3 Å². The topological polar surface area (TPSA) is 108 Å². The van der Waals surface area contributed by atoms with Crippen LogP contribution in [-0.4, -0.2) is 32.4 Å². The molecule has 1 amide bonds. The third kappa shape index (κ3) is 4.43. The van der Waals surface area contributed by atoms with Crippen LogP contribution in [0.5, 0.6) is 0 Å². The summed E-state index contributed by atoms with van der Waals surface area (Å²) in [4.78, 5) is 27.0. The number of nitrogens with one attached hydrogen (secondary N) is 4. The van der Waals surface area contributed by atoms with Crippen molar-refractivity contribution in [1.29, 1.82) is 0 Å². The van der Waals surface area contributed by atoms with Gasteiger partial charge < -0.3 is 20.9 Å². The number of rotatable bonds is 6. The highest BCUT2D eigenvalue weighted by Gasteiger charge is 2.35.